The molecule has 1 heterocycles. The standard InChI is InChI=1S/C15H17N3O2/c16-7-2-8-18(11-5-6-11)15(20)12-9-10-3-1-4-13(10)17-14(12)19/h9,11H,1-6,8H2,(H,17,19). The maximum atomic E-state index is 12.5. The second-order valence-electron chi connectivity index (χ2n) is 5.51. The number of H-pyrrole nitrogens is 1. The van der Waals surface area contributed by atoms with Gasteiger partial charge in [-0.2, -0.15) is 5.26 Å². The van der Waals surface area contributed by atoms with Gasteiger partial charge in [-0.1, -0.05) is 0 Å². The molecule has 1 amide bonds. The first kappa shape index (κ1) is 12.9. The summed E-state index contributed by atoms with van der Waals surface area (Å²) in [5.74, 6) is -0.223. The molecule has 1 aromatic rings. The van der Waals surface area contributed by atoms with Crippen LogP contribution in [0.3, 0.4) is 0 Å². The molecule has 0 aromatic carbocycles. The Kier molecular flexibility index (Phi) is 3.31. The van der Waals surface area contributed by atoms with E-state index in [-0.39, 0.29) is 23.1 Å². The number of nitriles is 1. The summed E-state index contributed by atoms with van der Waals surface area (Å²) in [5, 5.41) is 8.70. The van der Waals surface area contributed by atoms with E-state index in [9.17, 15) is 9.59 Å². The molecule has 0 saturated heterocycles. The van der Waals surface area contributed by atoms with Gasteiger partial charge in [-0.05, 0) is 43.7 Å². The van der Waals surface area contributed by atoms with Crippen LogP contribution in [0.5, 0.6) is 0 Å². The Morgan fingerprint density at radius 2 is 2.25 bits per heavy atom. The van der Waals surface area contributed by atoms with E-state index in [2.05, 4.69) is 11.1 Å². The lowest BCUT2D eigenvalue weighted by Crippen LogP contribution is -2.37. The highest BCUT2D eigenvalue weighted by molar-refractivity contribution is 5.94. The largest absolute Gasteiger partial charge is 0.334 e. The second-order valence-corrected chi connectivity index (χ2v) is 5.51. The molecule has 2 aliphatic rings. The zero-order chi connectivity index (χ0) is 14.1. The molecule has 3 rings (SSSR count). The van der Waals surface area contributed by atoms with Gasteiger partial charge in [-0.3, -0.25) is 9.59 Å². The number of nitrogens with one attached hydrogen (secondary N) is 1. The molecular formula is C15H17N3O2. The van der Waals surface area contributed by atoms with E-state index in [4.69, 9.17) is 5.26 Å². The van der Waals surface area contributed by atoms with Crippen molar-refractivity contribution in [3.8, 4) is 6.07 Å². The lowest BCUT2D eigenvalue weighted by Gasteiger charge is -2.21. The van der Waals surface area contributed by atoms with Crippen LogP contribution in [-0.2, 0) is 12.8 Å². The number of nitrogens with zero attached hydrogens (tertiary/aromatic N) is 2. The molecule has 0 radical (unpaired) electrons. The normalized spacial score (nSPS) is 16.6. The molecule has 20 heavy (non-hydrogen) atoms. The van der Waals surface area contributed by atoms with Crippen molar-refractivity contribution >= 4 is 5.91 Å². The zero-order valence-electron chi connectivity index (χ0n) is 11.3. The van der Waals surface area contributed by atoms with E-state index < -0.39 is 0 Å². The van der Waals surface area contributed by atoms with Crippen molar-refractivity contribution in [1.82, 2.24) is 9.88 Å². The summed E-state index contributed by atoms with van der Waals surface area (Å²) in [6.45, 7) is 0.413. The average Bonchev–Trinajstić information content (AvgIpc) is 3.17. The first-order valence-electron chi connectivity index (χ1n) is 7.13. The van der Waals surface area contributed by atoms with Crippen molar-refractivity contribution in [2.45, 2.75) is 44.6 Å². The monoisotopic (exact) mass is 271 g/mol. The van der Waals surface area contributed by atoms with E-state index >= 15 is 0 Å². The Hall–Kier alpha value is -2.09. The van der Waals surface area contributed by atoms with Crippen molar-refractivity contribution in [1.29, 1.82) is 5.26 Å². The molecule has 5 heteroatoms. The predicted molar refractivity (Wildman–Crippen MR) is 73.4 cm³/mol. The molecule has 1 saturated carbocycles. The Morgan fingerprint density at radius 1 is 1.45 bits per heavy atom. The number of aromatic nitrogens is 1. The van der Waals surface area contributed by atoms with E-state index in [1.165, 1.54) is 0 Å². The van der Waals surface area contributed by atoms with Gasteiger partial charge in [0.15, 0.2) is 0 Å². The molecule has 0 bridgehead atoms. The number of fused-ring (bicyclic) bond motifs is 1. The summed E-state index contributed by atoms with van der Waals surface area (Å²) >= 11 is 0. The Balaban J connectivity index is 1.89. The minimum atomic E-state index is -0.293. The molecule has 0 aliphatic heterocycles. The van der Waals surface area contributed by atoms with Crippen LogP contribution < -0.4 is 5.56 Å². The fourth-order valence-corrected chi connectivity index (χ4v) is 2.83. The Morgan fingerprint density at radius 3 is 2.95 bits per heavy atom. The predicted octanol–water partition coefficient (Wildman–Crippen LogP) is 1.38. The van der Waals surface area contributed by atoms with Crippen LogP contribution in [0.4, 0.5) is 0 Å². The molecule has 0 spiro atoms. The third-order valence-electron chi connectivity index (χ3n) is 4.03. The number of aromatic amines is 1. The smallest absolute Gasteiger partial charge is 0.261 e. The van der Waals surface area contributed by atoms with Crippen LogP contribution in [0.15, 0.2) is 10.9 Å². The Labute approximate surface area is 117 Å². The summed E-state index contributed by atoms with van der Waals surface area (Å²) in [7, 11) is 0. The van der Waals surface area contributed by atoms with Crippen LogP contribution in [0.2, 0.25) is 0 Å². The molecule has 1 aromatic heterocycles. The fourth-order valence-electron chi connectivity index (χ4n) is 2.83. The van der Waals surface area contributed by atoms with E-state index in [1.54, 1.807) is 11.0 Å². The van der Waals surface area contributed by atoms with Crippen LogP contribution in [0, 0.1) is 11.3 Å². The van der Waals surface area contributed by atoms with Gasteiger partial charge in [-0.25, -0.2) is 0 Å². The van der Waals surface area contributed by atoms with E-state index in [0.29, 0.717) is 13.0 Å². The maximum absolute atomic E-state index is 12.5. The molecule has 5 nitrogen and oxygen atoms in total. The van der Waals surface area contributed by atoms with Gasteiger partial charge in [0.25, 0.3) is 11.5 Å². The number of aryl methyl sites for hydroxylation is 2. The minimum absolute atomic E-state index is 0.212. The number of carbonyl (C=O) groups is 1. The van der Waals surface area contributed by atoms with Crippen molar-refractivity contribution in [3.63, 3.8) is 0 Å². The van der Waals surface area contributed by atoms with Crippen LogP contribution in [0.1, 0.15) is 47.3 Å². The van der Waals surface area contributed by atoms with Crippen molar-refractivity contribution in [3.05, 3.63) is 33.2 Å². The number of pyridine rings is 1. The lowest BCUT2D eigenvalue weighted by atomic mass is 10.1. The third kappa shape index (κ3) is 2.34. The van der Waals surface area contributed by atoms with Gasteiger partial charge in [0, 0.05) is 18.3 Å². The number of hydrogen-bond acceptors (Lipinski definition) is 3. The third-order valence-corrected chi connectivity index (χ3v) is 4.03. The van der Waals surface area contributed by atoms with Gasteiger partial charge in [-0.15, -0.1) is 0 Å². The molecular weight excluding hydrogens is 254 g/mol. The van der Waals surface area contributed by atoms with Crippen molar-refractivity contribution in [2.75, 3.05) is 6.54 Å². The number of amides is 1. The summed E-state index contributed by atoms with van der Waals surface area (Å²) in [4.78, 5) is 29.2. The first-order valence-corrected chi connectivity index (χ1v) is 7.13. The second kappa shape index (κ2) is 5.12. The molecule has 1 fully saturated rings. The SMILES string of the molecule is N#CCCN(C(=O)c1cc2c([nH]c1=O)CCC2)C1CC1. The highest BCUT2D eigenvalue weighted by Gasteiger charge is 2.34. The van der Waals surface area contributed by atoms with Crippen molar-refractivity contribution in [2.24, 2.45) is 0 Å². The van der Waals surface area contributed by atoms with Gasteiger partial charge < -0.3 is 9.88 Å². The van der Waals surface area contributed by atoms with Gasteiger partial charge in [0.2, 0.25) is 0 Å². The molecule has 104 valence electrons. The summed E-state index contributed by atoms with van der Waals surface area (Å²) in [6, 6.07) is 4.03. The quantitative estimate of drug-likeness (QED) is 0.898. The number of hydrogen-bond donors (Lipinski definition) is 1. The highest BCUT2D eigenvalue weighted by Crippen LogP contribution is 2.28. The van der Waals surface area contributed by atoms with Gasteiger partial charge in [0.1, 0.15) is 5.56 Å². The summed E-state index contributed by atoms with van der Waals surface area (Å²) in [5.41, 5.74) is 2.00. The maximum Gasteiger partial charge on any atom is 0.261 e. The van der Waals surface area contributed by atoms with Crippen LogP contribution in [0.25, 0.3) is 0 Å². The first-order chi connectivity index (χ1) is 9.70. The molecule has 0 atom stereocenters. The van der Waals surface area contributed by atoms with E-state index in [1.807, 2.05) is 0 Å². The van der Waals surface area contributed by atoms with Crippen molar-refractivity contribution < 1.29 is 4.79 Å². The van der Waals surface area contributed by atoms with Gasteiger partial charge >= 0.3 is 0 Å². The average molecular weight is 271 g/mol. The topological polar surface area (TPSA) is 77.0 Å². The molecule has 2 aliphatic carbocycles. The molecule has 1 N–H and O–H groups in total. The zero-order valence-corrected chi connectivity index (χ0v) is 11.3. The summed E-state index contributed by atoms with van der Waals surface area (Å²) < 4.78 is 0. The minimum Gasteiger partial charge on any atom is -0.334 e. The lowest BCUT2D eigenvalue weighted by molar-refractivity contribution is 0.0745. The Bertz CT molecular complexity index is 637. The molecule has 0 unspecified atom stereocenters. The van der Waals surface area contributed by atoms with Gasteiger partial charge in [0.05, 0.1) is 12.5 Å². The number of rotatable bonds is 4. The highest BCUT2D eigenvalue weighted by atomic mass is 16.2. The fraction of sp³-hybridized carbons (Fsp3) is 0.533. The van der Waals surface area contributed by atoms with Crippen LogP contribution in [-0.4, -0.2) is 28.4 Å². The van der Waals surface area contributed by atoms with Crippen LogP contribution >= 0.6 is 0 Å². The summed E-state index contributed by atoms with van der Waals surface area (Å²) in [6.07, 6.45) is 5.10. The van der Waals surface area contributed by atoms with E-state index in [0.717, 1.165) is 43.4 Å². The number of carbonyl (C=O) groups excluding carboxylic acids is 1.